The number of rotatable bonds is 4. The number of para-hydroxylation sites is 1. The van der Waals surface area contributed by atoms with Crippen LogP contribution >= 0.6 is 11.6 Å². The van der Waals surface area contributed by atoms with Gasteiger partial charge in [-0.1, -0.05) is 48.0 Å². The molecule has 0 bridgehead atoms. The number of nitrogens with zero attached hydrogens (tertiary/aromatic N) is 3. The van der Waals surface area contributed by atoms with Crippen LogP contribution in [-0.4, -0.2) is 22.4 Å². The summed E-state index contributed by atoms with van der Waals surface area (Å²) in [5.74, 6) is 0.394. The summed E-state index contributed by atoms with van der Waals surface area (Å²) in [5, 5.41) is 3.83. The van der Waals surface area contributed by atoms with Gasteiger partial charge in [0.1, 0.15) is 0 Å². The number of nitrogens with one attached hydrogen (secondary N) is 1. The average molecular weight is 379 g/mol. The summed E-state index contributed by atoms with van der Waals surface area (Å²) >= 11 is 6.15. The Morgan fingerprint density at radius 3 is 2.63 bits per heavy atom. The quantitative estimate of drug-likeness (QED) is 0.733. The van der Waals surface area contributed by atoms with Gasteiger partial charge in [-0.05, 0) is 36.1 Å². The number of aromatic nitrogens is 2. The molecule has 0 radical (unpaired) electrons. The maximum atomic E-state index is 12.9. The minimum Gasteiger partial charge on any atom is -0.350 e. The van der Waals surface area contributed by atoms with E-state index in [1.807, 2.05) is 47.4 Å². The van der Waals surface area contributed by atoms with Gasteiger partial charge >= 0.3 is 0 Å². The normalized spacial score (nSPS) is 13.1. The summed E-state index contributed by atoms with van der Waals surface area (Å²) in [5.41, 5.74) is 3.63. The first-order chi connectivity index (χ1) is 13.2. The fourth-order valence-electron chi connectivity index (χ4n) is 3.25. The van der Waals surface area contributed by atoms with Crippen molar-refractivity contribution in [3.8, 4) is 0 Å². The Bertz CT molecular complexity index is 958. The molecular formula is C21H19ClN4O. The first-order valence-electron chi connectivity index (χ1n) is 8.91. The number of amides is 1. The zero-order valence-corrected chi connectivity index (χ0v) is 15.5. The van der Waals surface area contributed by atoms with E-state index in [-0.39, 0.29) is 5.91 Å². The number of benzene rings is 2. The van der Waals surface area contributed by atoms with Crippen molar-refractivity contribution in [2.45, 2.75) is 19.4 Å². The van der Waals surface area contributed by atoms with Gasteiger partial charge in [0, 0.05) is 36.2 Å². The van der Waals surface area contributed by atoms with E-state index in [0.717, 1.165) is 24.1 Å². The summed E-state index contributed by atoms with van der Waals surface area (Å²) in [4.78, 5) is 23.3. The molecule has 1 aliphatic heterocycles. The molecule has 0 saturated carbocycles. The lowest BCUT2D eigenvalue weighted by molar-refractivity contribution is 0.0984. The van der Waals surface area contributed by atoms with Gasteiger partial charge in [-0.2, -0.15) is 0 Å². The number of anilines is 2. The molecule has 1 aliphatic rings. The maximum absolute atomic E-state index is 12.9. The van der Waals surface area contributed by atoms with E-state index in [2.05, 4.69) is 21.4 Å². The van der Waals surface area contributed by atoms with Gasteiger partial charge in [0.15, 0.2) is 0 Å². The summed E-state index contributed by atoms with van der Waals surface area (Å²) < 4.78 is 0. The van der Waals surface area contributed by atoms with Gasteiger partial charge < -0.3 is 10.2 Å². The second-order valence-corrected chi connectivity index (χ2v) is 6.84. The predicted molar refractivity (Wildman–Crippen MR) is 107 cm³/mol. The van der Waals surface area contributed by atoms with E-state index in [1.165, 1.54) is 5.56 Å². The Balaban J connectivity index is 1.46. The summed E-state index contributed by atoms with van der Waals surface area (Å²) in [6.45, 7) is 1.23. The molecule has 136 valence electrons. The van der Waals surface area contributed by atoms with Crippen molar-refractivity contribution >= 4 is 29.1 Å². The van der Waals surface area contributed by atoms with Crippen molar-refractivity contribution in [1.82, 2.24) is 9.97 Å². The zero-order chi connectivity index (χ0) is 18.6. The number of carbonyl (C=O) groups is 1. The van der Waals surface area contributed by atoms with Crippen molar-refractivity contribution in [1.29, 1.82) is 0 Å². The fraction of sp³-hybridized carbons (Fsp3) is 0.190. The Morgan fingerprint density at radius 1 is 1.07 bits per heavy atom. The Morgan fingerprint density at radius 2 is 1.81 bits per heavy atom. The number of halogens is 1. The van der Waals surface area contributed by atoms with E-state index in [1.54, 1.807) is 12.4 Å². The van der Waals surface area contributed by atoms with Crippen LogP contribution in [0, 0.1) is 0 Å². The Kier molecular flexibility index (Phi) is 5.03. The lowest BCUT2D eigenvalue weighted by Gasteiger charge is -2.29. The number of fused-ring (bicyclic) bond motifs is 1. The smallest absolute Gasteiger partial charge is 0.261 e. The van der Waals surface area contributed by atoms with E-state index in [4.69, 9.17) is 11.6 Å². The number of carbonyl (C=O) groups excluding carboxylic acids is 1. The van der Waals surface area contributed by atoms with Crippen LogP contribution in [0.2, 0.25) is 5.02 Å². The molecule has 3 aromatic rings. The molecule has 0 atom stereocenters. The lowest BCUT2D eigenvalue weighted by Crippen LogP contribution is -2.35. The lowest BCUT2D eigenvalue weighted by atomic mass is 10.0. The van der Waals surface area contributed by atoms with Gasteiger partial charge in [0.05, 0.1) is 5.56 Å². The third-order valence-electron chi connectivity index (χ3n) is 4.65. The molecule has 0 aliphatic carbocycles. The number of hydrogen-bond acceptors (Lipinski definition) is 4. The van der Waals surface area contributed by atoms with Crippen molar-refractivity contribution in [3.63, 3.8) is 0 Å². The standard InChI is InChI=1S/C21H19ClN4O/c22-18-9-3-1-7-16(18)12-23-21-24-13-17(14-25-21)20(27)26-11-5-8-15-6-2-4-10-19(15)26/h1-4,6-7,9-10,13-14H,5,8,11-12H2,(H,23,24,25). The monoisotopic (exact) mass is 378 g/mol. The van der Waals surface area contributed by atoms with Crippen LogP contribution in [0.3, 0.4) is 0 Å². The third kappa shape index (κ3) is 3.78. The minimum atomic E-state index is -0.0696. The molecule has 1 amide bonds. The van der Waals surface area contributed by atoms with E-state index in [9.17, 15) is 4.79 Å². The van der Waals surface area contributed by atoms with Gasteiger partial charge in [-0.15, -0.1) is 0 Å². The molecule has 27 heavy (non-hydrogen) atoms. The van der Waals surface area contributed by atoms with Crippen molar-refractivity contribution in [3.05, 3.63) is 82.6 Å². The van der Waals surface area contributed by atoms with E-state index in [0.29, 0.717) is 29.6 Å². The highest BCUT2D eigenvalue weighted by molar-refractivity contribution is 6.31. The van der Waals surface area contributed by atoms with Gasteiger partial charge in [0.25, 0.3) is 5.91 Å². The first-order valence-corrected chi connectivity index (χ1v) is 9.29. The van der Waals surface area contributed by atoms with Crippen LogP contribution in [0.15, 0.2) is 60.9 Å². The Hall–Kier alpha value is -2.92. The Labute approximate surface area is 163 Å². The number of hydrogen-bond donors (Lipinski definition) is 1. The molecule has 4 rings (SSSR count). The number of aryl methyl sites for hydroxylation is 1. The maximum Gasteiger partial charge on any atom is 0.261 e. The highest BCUT2D eigenvalue weighted by Gasteiger charge is 2.23. The van der Waals surface area contributed by atoms with Crippen molar-refractivity contribution < 1.29 is 4.79 Å². The molecular weight excluding hydrogens is 360 g/mol. The van der Waals surface area contributed by atoms with Crippen LogP contribution in [0.25, 0.3) is 0 Å². The summed E-state index contributed by atoms with van der Waals surface area (Å²) in [6.07, 6.45) is 5.10. The molecule has 0 saturated heterocycles. The highest BCUT2D eigenvalue weighted by atomic mass is 35.5. The zero-order valence-electron chi connectivity index (χ0n) is 14.7. The van der Waals surface area contributed by atoms with Crippen LogP contribution in [0.4, 0.5) is 11.6 Å². The molecule has 1 aromatic heterocycles. The molecule has 2 heterocycles. The van der Waals surface area contributed by atoms with Crippen LogP contribution in [-0.2, 0) is 13.0 Å². The van der Waals surface area contributed by atoms with Gasteiger partial charge in [-0.3, -0.25) is 4.79 Å². The van der Waals surface area contributed by atoms with Crippen molar-refractivity contribution in [2.24, 2.45) is 0 Å². The fourth-order valence-corrected chi connectivity index (χ4v) is 3.45. The second kappa shape index (κ2) is 7.76. The predicted octanol–water partition coefficient (Wildman–Crippen LogP) is 4.34. The molecule has 1 N–H and O–H groups in total. The van der Waals surface area contributed by atoms with Crippen LogP contribution in [0.5, 0.6) is 0 Å². The largest absolute Gasteiger partial charge is 0.350 e. The molecule has 0 spiro atoms. The highest BCUT2D eigenvalue weighted by Crippen LogP contribution is 2.28. The summed E-state index contributed by atoms with van der Waals surface area (Å²) in [7, 11) is 0. The minimum absolute atomic E-state index is 0.0696. The molecule has 5 nitrogen and oxygen atoms in total. The molecule has 0 unspecified atom stereocenters. The molecule has 6 heteroatoms. The third-order valence-corrected chi connectivity index (χ3v) is 5.02. The summed E-state index contributed by atoms with van der Waals surface area (Å²) in [6, 6.07) is 15.7. The van der Waals surface area contributed by atoms with E-state index < -0.39 is 0 Å². The van der Waals surface area contributed by atoms with Crippen molar-refractivity contribution in [2.75, 3.05) is 16.8 Å². The first kappa shape index (κ1) is 17.5. The van der Waals surface area contributed by atoms with Gasteiger partial charge in [-0.25, -0.2) is 9.97 Å². The van der Waals surface area contributed by atoms with Crippen LogP contribution in [0.1, 0.15) is 27.9 Å². The van der Waals surface area contributed by atoms with Crippen LogP contribution < -0.4 is 10.2 Å². The topological polar surface area (TPSA) is 58.1 Å². The molecule has 2 aromatic carbocycles. The SMILES string of the molecule is O=C(c1cnc(NCc2ccccc2Cl)nc1)N1CCCc2ccccc21. The van der Waals surface area contributed by atoms with Gasteiger partial charge in [0.2, 0.25) is 5.95 Å². The van der Waals surface area contributed by atoms with E-state index >= 15 is 0 Å². The average Bonchev–Trinajstić information content (AvgIpc) is 2.73. The molecule has 0 fully saturated rings. The second-order valence-electron chi connectivity index (χ2n) is 6.43.